The Kier molecular flexibility index (Phi) is 20.6. The van der Waals surface area contributed by atoms with Gasteiger partial charge in [0.25, 0.3) is 0 Å². The minimum Gasteiger partial charge on any atom is -0.391 e. The van der Waals surface area contributed by atoms with Crippen LogP contribution < -0.4 is 27.4 Å². The van der Waals surface area contributed by atoms with Gasteiger partial charge in [-0.1, -0.05) is 75.7 Å². The second kappa shape index (κ2) is 24.2. The zero-order valence-electron chi connectivity index (χ0n) is 32.8. The van der Waals surface area contributed by atoms with E-state index in [0.717, 1.165) is 30.4 Å². The molecule has 0 unspecified atom stereocenters. The SMILES string of the molecule is CCCCc1ccc(-c2ccc(C(=O)C[C@@H](CCN)C(=O)N[C@H](C(=O)C[C@@H](C)C(=O)N[C@@H](CCCCN)C(=O)C[C@@H](C)C(=O)NCC)[C@@H](C)O)cc2)cc1. The van der Waals surface area contributed by atoms with Gasteiger partial charge in [-0.3, -0.25) is 28.8 Å². The Hall–Kier alpha value is -4.26. The number of aliphatic hydroxyl groups excluding tert-OH is 1. The summed E-state index contributed by atoms with van der Waals surface area (Å²) in [5, 5.41) is 18.6. The number of hydrogen-bond acceptors (Lipinski definition) is 9. The number of carbonyl (C=O) groups excluding carboxylic acids is 6. The molecule has 298 valence electrons. The molecule has 2 aromatic carbocycles. The third-order valence-corrected chi connectivity index (χ3v) is 9.67. The third-order valence-electron chi connectivity index (χ3n) is 9.67. The van der Waals surface area contributed by atoms with Gasteiger partial charge in [0.15, 0.2) is 17.3 Å². The van der Waals surface area contributed by atoms with E-state index in [2.05, 4.69) is 47.1 Å². The van der Waals surface area contributed by atoms with Crippen molar-refractivity contribution in [3.8, 4) is 11.1 Å². The van der Waals surface area contributed by atoms with Crippen molar-refractivity contribution in [3.05, 3.63) is 59.7 Å². The van der Waals surface area contributed by atoms with Crippen molar-refractivity contribution >= 4 is 35.1 Å². The zero-order chi connectivity index (χ0) is 40.2. The summed E-state index contributed by atoms with van der Waals surface area (Å²) in [7, 11) is 0. The fraction of sp³-hybridized carbons (Fsp3) is 0.571. The maximum atomic E-state index is 13.5. The van der Waals surface area contributed by atoms with Gasteiger partial charge in [-0.25, -0.2) is 0 Å². The molecule has 0 heterocycles. The fourth-order valence-corrected chi connectivity index (χ4v) is 6.23. The summed E-state index contributed by atoms with van der Waals surface area (Å²) in [6, 6.07) is 13.4. The highest BCUT2D eigenvalue weighted by Crippen LogP contribution is 2.23. The average Bonchev–Trinajstić information content (AvgIpc) is 3.15. The van der Waals surface area contributed by atoms with E-state index in [-0.39, 0.29) is 49.7 Å². The first-order chi connectivity index (χ1) is 25.8. The van der Waals surface area contributed by atoms with E-state index in [4.69, 9.17) is 11.5 Å². The van der Waals surface area contributed by atoms with Crippen molar-refractivity contribution < 1.29 is 33.9 Å². The second-order valence-corrected chi connectivity index (χ2v) is 14.4. The Labute approximate surface area is 321 Å². The number of carbonyl (C=O) groups is 6. The first-order valence-corrected chi connectivity index (χ1v) is 19.5. The molecular formula is C42H63N5O7. The Bertz CT molecular complexity index is 1510. The van der Waals surface area contributed by atoms with Crippen LogP contribution in [0.25, 0.3) is 11.1 Å². The van der Waals surface area contributed by atoms with Gasteiger partial charge in [0.2, 0.25) is 17.7 Å². The van der Waals surface area contributed by atoms with Crippen LogP contribution in [0.15, 0.2) is 48.5 Å². The van der Waals surface area contributed by atoms with Gasteiger partial charge in [0.05, 0.1) is 12.1 Å². The lowest BCUT2D eigenvalue weighted by Gasteiger charge is -2.25. The topological polar surface area (TPSA) is 211 Å². The van der Waals surface area contributed by atoms with Gasteiger partial charge in [-0.05, 0) is 82.2 Å². The standard InChI is InChI=1S/C42H63N5O7/c1-6-8-11-30-13-15-31(16-14-30)32-17-19-33(20-18-32)36(49)26-34(21-23-44)42(54)47-39(29(5)48)38(51)25-28(4)41(53)46-35(12-9-10-22-43)37(50)24-27(3)40(52)45-7-2/h13-20,27-29,34-35,39,48H,6-12,21-26,43-44H2,1-5H3,(H,45,52)(H,46,53)(H,47,54)/t27-,28-,29-,34-,35+,39+/m1/s1. The van der Waals surface area contributed by atoms with Crippen LogP contribution in [0, 0.1) is 17.8 Å². The molecular weight excluding hydrogens is 686 g/mol. The Balaban J connectivity index is 2.06. The maximum absolute atomic E-state index is 13.5. The van der Waals surface area contributed by atoms with E-state index in [0.29, 0.717) is 37.9 Å². The van der Waals surface area contributed by atoms with Crippen LogP contribution in [0.3, 0.4) is 0 Å². The lowest BCUT2D eigenvalue weighted by Crippen LogP contribution is -2.51. The largest absolute Gasteiger partial charge is 0.391 e. The summed E-state index contributed by atoms with van der Waals surface area (Å²) in [6.07, 6.45) is 3.22. The molecule has 6 atom stereocenters. The van der Waals surface area contributed by atoms with Crippen LogP contribution in [-0.4, -0.2) is 78.0 Å². The summed E-state index contributed by atoms with van der Waals surface area (Å²) in [6.45, 7) is 9.46. The van der Waals surface area contributed by atoms with Crippen LogP contribution >= 0.6 is 0 Å². The molecule has 0 fully saturated rings. The van der Waals surface area contributed by atoms with Crippen molar-refractivity contribution in [1.82, 2.24) is 16.0 Å². The Morgan fingerprint density at radius 2 is 1.26 bits per heavy atom. The lowest BCUT2D eigenvalue weighted by molar-refractivity contribution is -0.135. The van der Waals surface area contributed by atoms with Gasteiger partial charge in [-0.15, -0.1) is 0 Å². The number of rotatable bonds is 26. The van der Waals surface area contributed by atoms with Crippen molar-refractivity contribution in [3.63, 3.8) is 0 Å². The fourth-order valence-electron chi connectivity index (χ4n) is 6.23. The number of ketones is 3. The molecule has 0 aliphatic rings. The predicted molar refractivity (Wildman–Crippen MR) is 211 cm³/mol. The molecule has 0 aromatic heterocycles. The van der Waals surface area contributed by atoms with Gasteiger partial charge in [0, 0.05) is 49.1 Å². The smallest absolute Gasteiger partial charge is 0.224 e. The number of benzene rings is 2. The van der Waals surface area contributed by atoms with Crippen LogP contribution in [0.2, 0.25) is 0 Å². The van der Waals surface area contributed by atoms with E-state index in [1.807, 2.05) is 12.1 Å². The zero-order valence-corrected chi connectivity index (χ0v) is 32.8. The second-order valence-electron chi connectivity index (χ2n) is 14.4. The molecule has 2 rings (SSSR count). The first kappa shape index (κ1) is 45.9. The highest BCUT2D eigenvalue weighted by molar-refractivity contribution is 6.00. The Morgan fingerprint density at radius 1 is 0.667 bits per heavy atom. The van der Waals surface area contributed by atoms with Gasteiger partial charge in [-0.2, -0.15) is 0 Å². The maximum Gasteiger partial charge on any atom is 0.224 e. The van der Waals surface area contributed by atoms with Crippen molar-refractivity contribution in [1.29, 1.82) is 0 Å². The molecule has 3 amide bonds. The van der Waals surface area contributed by atoms with Crippen LogP contribution in [-0.2, 0) is 30.4 Å². The van der Waals surface area contributed by atoms with E-state index in [9.17, 15) is 33.9 Å². The molecule has 0 bridgehead atoms. The summed E-state index contributed by atoms with van der Waals surface area (Å²) in [5.74, 6) is -4.86. The first-order valence-electron chi connectivity index (χ1n) is 19.5. The minimum atomic E-state index is -1.34. The number of hydrogen-bond donors (Lipinski definition) is 6. The lowest BCUT2D eigenvalue weighted by atomic mass is 9.91. The quantitative estimate of drug-likeness (QED) is 0.0605. The number of unbranched alkanes of at least 4 members (excludes halogenated alkanes) is 2. The molecule has 0 aliphatic carbocycles. The minimum absolute atomic E-state index is 0.0612. The summed E-state index contributed by atoms with van der Waals surface area (Å²) >= 11 is 0. The number of amides is 3. The van der Waals surface area contributed by atoms with Crippen LogP contribution in [0.4, 0.5) is 0 Å². The van der Waals surface area contributed by atoms with Gasteiger partial charge < -0.3 is 32.5 Å². The van der Waals surface area contributed by atoms with Crippen molar-refractivity contribution in [2.75, 3.05) is 19.6 Å². The van der Waals surface area contributed by atoms with Gasteiger partial charge >= 0.3 is 0 Å². The summed E-state index contributed by atoms with van der Waals surface area (Å²) < 4.78 is 0. The third kappa shape index (κ3) is 15.2. The molecule has 54 heavy (non-hydrogen) atoms. The molecule has 12 nitrogen and oxygen atoms in total. The van der Waals surface area contributed by atoms with E-state index in [1.54, 1.807) is 26.0 Å². The molecule has 12 heteroatoms. The highest BCUT2D eigenvalue weighted by atomic mass is 16.3. The van der Waals surface area contributed by atoms with Crippen molar-refractivity contribution in [2.45, 2.75) is 117 Å². The molecule has 0 radical (unpaired) electrons. The predicted octanol–water partition coefficient (Wildman–Crippen LogP) is 4.04. The molecule has 0 saturated heterocycles. The molecule has 0 spiro atoms. The summed E-state index contributed by atoms with van der Waals surface area (Å²) in [5.41, 5.74) is 15.1. The van der Waals surface area contributed by atoms with E-state index < -0.39 is 53.5 Å². The Morgan fingerprint density at radius 3 is 1.81 bits per heavy atom. The summed E-state index contributed by atoms with van der Waals surface area (Å²) in [4.78, 5) is 78.8. The van der Waals surface area contributed by atoms with Gasteiger partial charge in [0.1, 0.15) is 6.04 Å². The van der Waals surface area contributed by atoms with E-state index >= 15 is 0 Å². The molecule has 2 aromatic rings. The monoisotopic (exact) mass is 749 g/mol. The normalized spacial score (nSPS) is 14.5. The van der Waals surface area contributed by atoms with Crippen LogP contribution in [0.1, 0.15) is 108 Å². The molecule has 8 N–H and O–H groups in total. The number of nitrogens with one attached hydrogen (secondary N) is 3. The van der Waals surface area contributed by atoms with Crippen molar-refractivity contribution in [2.24, 2.45) is 29.2 Å². The number of Topliss-reactive ketones (excluding diaryl/α,β-unsaturated/α-hetero) is 3. The highest BCUT2D eigenvalue weighted by Gasteiger charge is 2.33. The average molecular weight is 750 g/mol. The van der Waals surface area contributed by atoms with E-state index in [1.165, 1.54) is 19.4 Å². The number of aryl methyl sites for hydroxylation is 1. The number of aliphatic hydroxyl groups is 1. The number of nitrogens with two attached hydrogens (primary N) is 2. The molecule has 0 aliphatic heterocycles. The van der Waals surface area contributed by atoms with Crippen LogP contribution in [0.5, 0.6) is 0 Å². The molecule has 0 saturated carbocycles.